The highest BCUT2D eigenvalue weighted by atomic mass is 35.5. The number of hydrogen-bond donors (Lipinski definition) is 1. The molecular formula is C26H21Cl2N5O3S. The number of rotatable bonds is 9. The largest absolute Gasteiger partial charge is 0.345 e. The van der Waals surface area contributed by atoms with E-state index in [1.54, 1.807) is 41.0 Å². The molecule has 0 fully saturated rings. The summed E-state index contributed by atoms with van der Waals surface area (Å²) in [5.74, 6) is 0.792. The van der Waals surface area contributed by atoms with Crippen LogP contribution in [0.3, 0.4) is 0 Å². The van der Waals surface area contributed by atoms with Gasteiger partial charge in [0.25, 0.3) is 5.69 Å². The minimum Gasteiger partial charge on any atom is -0.345 e. The Bertz CT molecular complexity index is 1470. The number of non-ortho nitro benzene ring substituents is 1. The van der Waals surface area contributed by atoms with Crippen molar-refractivity contribution < 1.29 is 9.72 Å². The summed E-state index contributed by atoms with van der Waals surface area (Å²) in [6.07, 6.45) is 2.92. The molecule has 0 radical (unpaired) electrons. The zero-order chi connectivity index (χ0) is 26.4. The molecule has 4 rings (SSSR count). The summed E-state index contributed by atoms with van der Waals surface area (Å²) in [5.41, 5.74) is 3.60. The van der Waals surface area contributed by atoms with E-state index < -0.39 is 4.92 Å². The van der Waals surface area contributed by atoms with Crippen molar-refractivity contribution in [3.8, 4) is 5.69 Å². The lowest BCUT2D eigenvalue weighted by Gasteiger charge is -2.13. The summed E-state index contributed by atoms with van der Waals surface area (Å²) in [5, 5.41) is 23.8. The average molecular weight is 554 g/mol. The van der Waals surface area contributed by atoms with E-state index in [1.165, 1.54) is 41.1 Å². The van der Waals surface area contributed by atoms with Crippen LogP contribution in [-0.2, 0) is 17.1 Å². The number of carbonyl (C=O) groups excluding carboxylic acids is 1. The third-order valence-corrected chi connectivity index (χ3v) is 6.95. The molecule has 8 nitrogen and oxygen atoms in total. The highest BCUT2D eigenvalue weighted by Gasteiger charge is 2.18. The first-order valence-electron chi connectivity index (χ1n) is 11.1. The Morgan fingerprint density at radius 2 is 1.86 bits per heavy atom. The topological polar surface area (TPSA) is 103 Å². The van der Waals surface area contributed by atoms with Gasteiger partial charge in [-0.1, -0.05) is 59.2 Å². The molecule has 3 aromatic carbocycles. The number of nitrogens with zero attached hydrogens (tertiary/aromatic N) is 4. The Balaban J connectivity index is 1.52. The lowest BCUT2D eigenvalue weighted by atomic mass is 10.1. The number of carbonyl (C=O) groups is 1. The van der Waals surface area contributed by atoms with Crippen LogP contribution in [0.25, 0.3) is 11.8 Å². The van der Waals surface area contributed by atoms with E-state index in [0.29, 0.717) is 38.0 Å². The average Bonchev–Trinajstić information content (AvgIpc) is 3.29. The zero-order valence-electron chi connectivity index (χ0n) is 19.6. The molecule has 4 aromatic rings. The second kappa shape index (κ2) is 12.1. The summed E-state index contributed by atoms with van der Waals surface area (Å²) in [6, 6.07) is 19.1. The highest BCUT2D eigenvalue weighted by Crippen LogP contribution is 2.31. The molecule has 1 N–H and O–H groups in total. The number of hydrogen-bond acceptors (Lipinski definition) is 6. The fourth-order valence-corrected chi connectivity index (χ4v) is 4.83. The quantitative estimate of drug-likeness (QED) is 0.111. The number of nitrogens with one attached hydrogen (secondary N) is 1. The number of aromatic nitrogens is 3. The number of amides is 1. The van der Waals surface area contributed by atoms with Crippen molar-refractivity contribution in [2.45, 2.75) is 24.4 Å². The Morgan fingerprint density at radius 1 is 1.11 bits per heavy atom. The maximum absolute atomic E-state index is 12.5. The van der Waals surface area contributed by atoms with Crippen LogP contribution in [0, 0.1) is 17.0 Å². The molecule has 1 amide bonds. The predicted molar refractivity (Wildman–Crippen MR) is 146 cm³/mol. The summed E-state index contributed by atoms with van der Waals surface area (Å²) in [7, 11) is 0. The molecule has 11 heteroatoms. The minimum absolute atomic E-state index is 0.0169. The maximum atomic E-state index is 12.5. The van der Waals surface area contributed by atoms with Gasteiger partial charge in [0.15, 0.2) is 11.0 Å². The van der Waals surface area contributed by atoms with E-state index in [2.05, 4.69) is 34.6 Å². The minimum atomic E-state index is -0.476. The smallest absolute Gasteiger partial charge is 0.269 e. The van der Waals surface area contributed by atoms with Crippen molar-refractivity contribution in [3.05, 3.63) is 115 Å². The van der Waals surface area contributed by atoms with E-state index in [0.717, 1.165) is 0 Å². The van der Waals surface area contributed by atoms with Crippen molar-refractivity contribution in [1.29, 1.82) is 0 Å². The zero-order valence-corrected chi connectivity index (χ0v) is 21.9. The van der Waals surface area contributed by atoms with Crippen LogP contribution in [-0.4, -0.2) is 25.6 Å². The summed E-state index contributed by atoms with van der Waals surface area (Å²) in [6.45, 7) is 2.14. The molecule has 0 atom stereocenters. The first-order valence-corrected chi connectivity index (χ1v) is 12.8. The Labute approximate surface area is 227 Å². The molecule has 0 unspecified atom stereocenters. The molecule has 1 heterocycles. The van der Waals surface area contributed by atoms with E-state index in [9.17, 15) is 14.9 Å². The normalized spacial score (nSPS) is 11.1. The fraction of sp³-hybridized carbons (Fsp3) is 0.115. The molecular weight excluding hydrogens is 533 g/mol. The summed E-state index contributed by atoms with van der Waals surface area (Å²) >= 11 is 14.3. The molecule has 188 valence electrons. The van der Waals surface area contributed by atoms with Crippen LogP contribution in [0.1, 0.15) is 22.5 Å². The SMILES string of the molecule is Cc1ccccc1CSc1nnc(CNC(=O)/C=C/c2ccc([N+](=O)[O-])cc2)n1-c1cc(Cl)ccc1Cl. The molecule has 0 bridgehead atoms. The lowest BCUT2D eigenvalue weighted by Crippen LogP contribution is -2.22. The van der Waals surface area contributed by atoms with Gasteiger partial charge in [0, 0.05) is 29.0 Å². The number of halogens is 2. The van der Waals surface area contributed by atoms with Gasteiger partial charge in [-0.15, -0.1) is 10.2 Å². The molecule has 0 saturated carbocycles. The van der Waals surface area contributed by atoms with Gasteiger partial charge in [-0.25, -0.2) is 0 Å². The fourth-order valence-electron chi connectivity index (χ4n) is 3.43. The monoisotopic (exact) mass is 553 g/mol. The van der Waals surface area contributed by atoms with E-state index in [1.807, 2.05) is 12.1 Å². The highest BCUT2D eigenvalue weighted by molar-refractivity contribution is 7.98. The first-order chi connectivity index (χ1) is 17.8. The van der Waals surface area contributed by atoms with Gasteiger partial charge in [0.2, 0.25) is 5.91 Å². The number of benzene rings is 3. The molecule has 37 heavy (non-hydrogen) atoms. The molecule has 0 spiro atoms. The lowest BCUT2D eigenvalue weighted by molar-refractivity contribution is -0.384. The number of aryl methyl sites for hydroxylation is 1. The third kappa shape index (κ3) is 6.76. The van der Waals surface area contributed by atoms with Gasteiger partial charge >= 0.3 is 0 Å². The third-order valence-electron chi connectivity index (χ3n) is 5.42. The van der Waals surface area contributed by atoms with Gasteiger partial charge in [-0.05, 0) is 60.0 Å². The van der Waals surface area contributed by atoms with Crippen molar-refractivity contribution in [1.82, 2.24) is 20.1 Å². The van der Waals surface area contributed by atoms with Gasteiger partial charge in [0.1, 0.15) is 0 Å². The number of thioether (sulfide) groups is 1. The van der Waals surface area contributed by atoms with E-state index in [-0.39, 0.29) is 18.1 Å². The number of nitro benzene ring substituents is 1. The van der Waals surface area contributed by atoms with Gasteiger partial charge in [-0.2, -0.15) is 0 Å². The second-order valence-corrected chi connectivity index (χ2v) is 9.73. The molecule has 0 aliphatic heterocycles. The maximum Gasteiger partial charge on any atom is 0.269 e. The van der Waals surface area contributed by atoms with Crippen LogP contribution >= 0.6 is 35.0 Å². The van der Waals surface area contributed by atoms with Crippen molar-refractivity contribution in [3.63, 3.8) is 0 Å². The van der Waals surface area contributed by atoms with Crippen molar-refractivity contribution in [2.24, 2.45) is 0 Å². The van der Waals surface area contributed by atoms with Crippen molar-refractivity contribution in [2.75, 3.05) is 0 Å². The first kappa shape index (κ1) is 26.4. The molecule has 0 aliphatic carbocycles. The standard InChI is InChI=1S/C26H21Cl2N5O3S/c1-17-4-2-3-5-19(17)16-37-26-31-30-24(32(26)23-14-20(27)9-12-22(23)28)15-29-25(34)13-8-18-6-10-21(11-7-18)33(35)36/h2-14H,15-16H2,1H3,(H,29,34)/b13-8+. The van der Waals surface area contributed by atoms with Gasteiger partial charge < -0.3 is 5.32 Å². The molecule has 0 saturated heterocycles. The van der Waals surface area contributed by atoms with E-state index >= 15 is 0 Å². The van der Waals surface area contributed by atoms with Gasteiger partial charge in [-0.3, -0.25) is 19.5 Å². The van der Waals surface area contributed by atoms with Crippen LogP contribution in [0.4, 0.5) is 5.69 Å². The summed E-state index contributed by atoms with van der Waals surface area (Å²) in [4.78, 5) is 22.8. The predicted octanol–water partition coefficient (Wildman–Crippen LogP) is 6.41. The van der Waals surface area contributed by atoms with Crippen LogP contribution < -0.4 is 5.32 Å². The molecule has 1 aromatic heterocycles. The number of nitro groups is 1. The Kier molecular flexibility index (Phi) is 8.60. The molecule has 0 aliphatic rings. The van der Waals surface area contributed by atoms with Crippen LogP contribution in [0.2, 0.25) is 10.0 Å². The Hall–Kier alpha value is -3.66. The van der Waals surface area contributed by atoms with E-state index in [4.69, 9.17) is 23.2 Å². The van der Waals surface area contributed by atoms with Crippen LogP contribution in [0.5, 0.6) is 0 Å². The Morgan fingerprint density at radius 3 is 2.59 bits per heavy atom. The van der Waals surface area contributed by atoms with Gasteiger partial charge in [0.05, 0.1) is 22.2 Å². The summed E-state index contributed by atoms with van der Waals surface area (Å²) < 4.78 is 1.79. The second-order valence-electron chi connectivity index (χ2n) is 7.94. The van der Waals surface area contributed by atoms with Crippen molar-refractivity contribution >= 4 is 52.6 Å². The van der Waals surface area contributed by atoms with Crippen LogP contribution in [0.15, 0.2) is 78.0 Å².